The lowest BCUT2D eigenvalue weighted by atomic mass is 10.1. The summed E-state index contributed by atoms with van der Waals surface area (Å²) in [5.41, 5.74) is -1.07. The molecule has 10 heteroatoms. The van der Waals surface area contributed by atoms with Crippen LogP contribution in [-0.2, 0) is 20.8 Å². The van der Waals surface area contributed by atoms with Crippen LogP contribution < -0.4 is 5.32 Å². The molecule has 0 fully saturated rings. The third kappa shape index (κ3) is 4.03. The fourth-order valence-corrected chi connectivity index (χ4v) is 2.36. The first-order chi connectivity index (χ1) is 10.6. The third-order valence-corrected chi connectivity index (χ3v) is 3.91. The lowest BCUT2D eigenvalue weighted by molar-refractivity contribution is -0.141. The summed E-state index contributed by atoms with van der Waals surface area (Å²) in [5, 5.41) is 1.97. The van der Waals surface area contributed by atoms with Crippen LogP contribution in [0.5, 0.6) is 0 Å². The van der Waals surface area contributed by atoms with Gasteiger partial charge in [-0.2, -0.15) is 13.2 Å². The fourth-order valence-electron chi connectivity index (χ4n) is 1.73. The minimum Gasteiger partial charge on any atom is -0.297 e. The van der Waals surface area contributed by atoms with Crippen LogP contribution in [0.4, 0.5) is 19.1 Å². The summed E-state index contributed by atoms with van der Waals surface area (Å²) in [7, 11) is -3.42. The molecule has 6 nitrogen and oxygen atoms in total. The minimum absolute atomic E-state index is 0.0255. The number of sulfone groups is 1. The van der Waals surface area contributed by atoms with E-state index in [-0.39, 0.29) is 22.6 Å². The zero-order valence-corrected chi connectivity index (χ0v) is 12.4. The molecule has 0 spiro atoms. The maximum absolute atomic E-state index is 12.8. The topological polar surface area (TPSA) is 89.0 Å². The van der Waals surface area contributed by atoms with Crippen LogP contribution in [0, 0.1) is 0 Å². The molecule has 1 N–H and O–H groups in total. The Morgan fingerprint density at radius 2 is 1.74 bits per heavy atom. The van der Waals surface area contributed by atoms with E-state index in [4.69, 9.17) is 0 Å². The van der Waals surface area contributed by atoms with Crippen molar-refractivity contribution in [2.24, 2.45) is 0 Å². The van der Waals surface area contributed by atoms with E-state index in [2.05, 4.69) is 9.97 Å². The summed E-state index contributed by atoms with van der Waals surface area (Å²) >= 11 is 0. The fraction of sp³-hybridized carbons (Fsp3) is 0.154. The number of carbonyl (C=O) groups excluding carboxylic acids is 1. The van der Waals surface area contributed by atoms with E-state index in [0.29, 0.717) is 6.07 Å². The van der Waals surface area contributed by atoms with Gasteiger partial charge in [0.1, 0.15) is 0 Å². The predicted octanol–water partition coefficient (Wildman–Crippen LogP) is 2.13. The molecule has 2 rings (SSSR count). The Bertz CT molecular complexity index is 834. The number of anilines is 1. The number of aromatic nitrogens is 2. The van der Waals surface area contributed by atoms with Crippen molar-refractivity contribution >= 4 is 22.2 Å². The monoisotopic (exact) mass is 345 g/mol. The Morgan fingerprint density at radius 3 is 2.22 bits per heavy atom. The van der Waals surface area contributed by atoms with E-state index >= 15 is 0 Å². The molecule has 0 bridgehead atoms. The van der Waals surface area contributed by atoms with Crippen molar-refractivity contribution in [3.8, 4) is 11.3 Å². The maximum atomic E-state index is 12.8. The first kappa shape index (κ1) is 16.9. The standard InChI is InChI=1S/C13H10F3N3O3S/c1-23(21,22)9-4-2-8(3-5-9)10-6-11(13(14,15)16)19-12(18-10)17-7-20/h2-7H,1H3,(H,17,18,19,20). The average Bonchev–Trinajstić information content (AvgIpc) is 2.45. The Kier molecular flexibility index (Phi) is 4.37. The van der Waals surface area contributed by atoms with Gasteiger partial charge in [-0.25, -0.2) is 18.4 Å². The van der Waals surface area contributed by atoms with Gasteiger partial charge in [-0.15, -0.1) is 0 Å². The normalized spacial score (nSPS) is 12.0. The zero-order valence-electron chi connectivity index (χ0n) is 11.6. The largest absolute Gasteiger partial charge is 0.433 e. The quantitative estimate of drug-likeness (QED) is 0.858. The highest BCUT2D eigenvalue weighted by atomic mass is 32.2. The molecule has 0 unspecified atom stereocenters. The van der Waals surface area contributed by atoms with Gasteiger partial charge in [0.2, 0.25) is 12.4 Å². The number of carbonyl (C=O) groups is 1. The van der Waals surface area contributed by atoms with Crippen LogP contribution in [0.1, 0.15) is 5.69 Å². The van der Waals surface area contributed by atoms with Gasteiger partial charge in [-0.1, -0.05) is 12.1 Å². The van der Waals surface area contributed by atoms with Crippen LogP contribution in [0.25, 0.3) is 11.3 Å². The molecule has 0 atom stereocenters. The van der Waals surface area contributed by atoms with Gasteiger partial charge in [0.25, 0.3) is 0 Å². The van der Waals surface area contributed by atoms with E-state index in [1.807, 2.05) is 5.32 Å². The smallest absolute Gasteiger partial charge is 0.297 e. The number of halogens is 3. The summed E-state index contributed by atoms with van der Waals surface area (Å²) in [6, 6.07) is 5.87. The van der Waals surface area contributed by atoms with Crippen molar-refractivity contribution in [1.29, 1.82) is 0 Å². The molecule has 122 valence electrons. The Hall–Kier alpha value is -2.49. The predicted molar refractivity (Wildman–Crippen MR) is 75.3 cm³/mol. The molecule has 0 aliphatic carbocycles. The summed E-state index contributed by atoms with van der Waals surface area (Å²) in [6.07, 6.45) is -3.55. The van der Waals surface area contributed by atoms with Gasteiger partial charge in [0.05, 0.1) is 10.6 Å². The lowest BCUT2D eigenvalue weighted by Crippen LogP contribution is -2.12. The molecular formula is C13H10F3N3O3S. The highest BCUT2D eigenvalue weighted by Gasteiger charge is 2.33. The molecule has 0 saturated heterocycles. The van der Waals surface area contributed by atoms with Gasteiger partial charge in [-0.05, 0) is 18.2 Å². The average molecular weight is 345 g/mol. The number of alkyl halides is 3. The summed E-state index contributed by atoms with van der Waals surface area (Å²) in [4.78, 5) is 17.4. The van der Waals surface area contributed by atoms with Crippen molar-refractivity contribution in [2.45, 2.75) is 11.1 Å². The van der Waals surface area contributed by atoms with E-state index in [1.54, 1.807) is 0 Å². The van der Waals surface area contributed by atoms with Crippen LogP contribution in [-0.4, -0.2) is 31.1 Å². The van der Waals surface area contributed by atoms with Crippen LogP contribution in [0.3, 0.4) is 0 Å². The highest BCUT2D eigenvalue weighted by molar-refractivity contribution is 7.90. The number of hydrogen-bond donors (Lipinski definition) is 1. The molecule has 23 heavy (non-hydrogen) atoms. The molecule has 1 heterocycles. The number of hydrogen-bond acceptors (Lipinski definition) is 5. The number of amides is 1. The van der Waals surface area contributed by atoms with Gasteiger partial charge < -0.3 is 0 Å². The molecule has 1 aromatic carbocycles. The van der Waals surface area contributed by atoms with Crippen LogP contribution >= 0.6 is 0 Å². The van der Waals surface area contributed by atoms with E-state index in [1.165, 1.54) is 24.3 Å². The van der Waals surface area contributed by atoms with Crippen molar-refractivity contribution in [1.82, 2.24) is 9.97 Å². The summed E-state index contributed by atoms with van der Waals surface area (Å²) in [6.45, 7) is 0. The number of nitrogens with one attached hydrogen (secondary N) is 1. The SMILES string of the molecule is CS(=O)(=O)c1ccc(-c2cc(C(F)(F)F)nc(NC=O)n2)cc1. The molecule has 1 amide bonds. The second-order valence-corrected chi connectivity index (χ2v) is 6.53. The first-order valence-electron chi connectivity index (χ1n) is 6.08. The van der Waals surface area contributed by atoms with Gasteiger partial charge in [0.15, 0.2) is 15.5 Å². The molecule has 2 aromatic rings. The zero-order chi connectivity index (χ0) is 17.3. The second-order valence-electron chi connectivity index (χ2n) is 4.52. The number of rotatable bonds is 4. The number of benzene rings is 1. The Balaban J connectivity index is 2.53. The summed E-state index contributed by atoms with van der Waals surface area (Å²) in [5.74, 6) is -0.503. The maximum Gasteiger partial charge on any atom is 0.433 e. The molecule has 0 radical (unpaired) electrons. The second kappa shape index (κ2) is 5.95. The van der Waals surface area contributed by atoms with Gasteiger partial charge in [0, 0.05) is 11.8 Å². The van der Waals surface area contributed by atoms with E-state index in [0.717, 1.165) is 6.26 Å². The molecule has 1 aromatic heterocycles. The van der Waals surface area contributed by atoms with Crippen molar-refractivity contribution in [2.75, 3.05) is 11.6 Å². The van der Waals surface area contributed by atoms with Crippen molar-refractivity contribution in [3.05, 3.63) is 36.0 Å². The van der Waals surface area contributed by atoms with Gasteiger partial charge >= 0.3 is 6.18 Å². The minimum atomic E-state index is -4.72. The van der Waals surface area contributed by atoms with Gasteiger partial charge in [-0.3, -0.25) is 10.1 Å². The highest BCUT2D eigenvalue weighted by Crippen LogP contribution is 2.31. The van der Waals surface area contributed by atoms with E-state index in [9.17, 15) is 26.4 Å². The Labute approximate surface area is 129 Å². The summed E-state index contributed by atoms with van der Waals surface area (Å²) < 4.78 is 61.3. The molecule has 0 saturated carbocycles. The molecule has 0 aliphatic heterocycles. The number of nitrogens with zero attached hydrogens (tertiary/aromatic N) is 2. The van der Waals surface area contributed by atoms with Crippen molar-refractivity contribution < 1.29 is 26.4 Å². The first-order valence-corrected chi connectivity index (χ1v) is 7.97. The van der Waals surface area contributed by atoms with Crippen LogP contribution in [0.15, 0.2) is 35.2 Å². The molecular weight excluding hydrogens is 335 g/mol. The van der Waals surface area contributed by atoms with E-state index < -0.39 is 27.7 Å². The lowest BCUT2D eigenvalue weighted by Gasteiger charge is -2.10. The Morgan fingerprint density at radius 1 is 1.13 bits per heavy atom. The third-order valence-electron chi connectivity index (χ3n) is 2.78. The van der Waals surface area contributed by atoms with Crippen LogP contribution in [0.2, 0.25) is 0 Å². The molecule has 0 aliphatic rings. The van der Waals surface area contributed by atoms with Crippen molar-refractivity contribution in [3.63, 3.8) is 0 Å².